The smallest absolute Gasteiger partial charge is 0.214 e. The van der Waals surface area contributed by atoms with Crippen LogP contribution >= 0.6 is 0 Å². The molecular weight excluding hydrogens is 266 g/mol. The van der Waals surface area contributed by atoms with Crippen molar-refractivity contribution >= 4 is 10.0 Å². The molecule has 0 spiro atoms. The van der Waals surface area contributed by atoms with E-state index in [1.165, 1.54) is 4.31 Å². The molecule has 0 amide bonds. The van der Waals surface area contributed by atoms with Gasteiger partial charge < -0.3 is 5.32 Å². The Hall–Kier alpha value is -0.990. The molecule has 0 aromatic carbocycles. The van der Waals surface area contributed by atoms with Crippen LogP contribution in [0.5, 0.6) is 0 Å². The summed E-state index contributed by atoms with van der Waals surface area (Å²) in [4.78, 5) is 4.13. The molecule has 19 heavy (non-hydrogen) atoms. The highest BCUT2D eigenvalue weighted by Gasteiger charge is 2.25. The van der Waals surface area contributed by atoms with Gasteiger partial charge in [0.05, 0.1) is 12.3 Å². The predicted molar refractivity (Wildman–Crippen MR) is 72.0 cm³/mol. The lowest BCUT2D eigenvalue weighted by Gasteiger charge is -2.24. The normalized spacial score (nSPS) is 18.1. The molecule has 0 aliphatic carbocycles. The first kappa shape index (κ1) is 14.4. The number of nitrogens with one attached hydrogen (secondary N) is 2. The monoisotopic (exact) mass is 287 g/mol. The van der Waals surface area contributed by atoms with Gasteiger partial charge in [-0.1, -0.05) is 0 Å². The number of hydrogen-bond acceptors (Lipinski definition) is 5. The number of hydrogen-bond donors (Lipinski definition) is 2. The minimum Gasteiger partial charge on any atom is -0.317 e. The molecule has 0 atom stereocenters. The zero-order valence-corrected chi connectivity index (χ0v) is 12.2. The second-order valence-corrected chi connectivity index (χ2v) is 7.19. The largest absolute Gasteiger partial charge is 0.317 e. The van der Waals surface area contributed by atoms with Gasteiger partial charge in [0.25, 0.3) is 0 Å². The molecule has 1 aliphatic heterocycles. The average molecular weight is 287 g/mol. The summed E-state index contributed by atoms with van der Waals surface area (Å²) < 4.78 is 25.8. The maximum atomic E-state index is 12.2. The molecule has 0 bridgehead atoms. The van der Waals surface area contributed by atoms with Crippen molar-refractivity contribution in [3.8, 4) is 0 Å². The second kappa shape index (κ2) is 5.98. The van der Waals surface area contributed by atoms with Gasteiger partial charge in [-0.15, -0.1) is 0 Å². The first-order chi connectivity index (χ1) is 8.97. The van der Waals surface area contributed by atoms with Crippen LogP contribution in [0.25, 0.3) is 0 Å². The van der Waals surface area contributed by atoms with Gasteiger partial charge in [-0.05, 0) is 38.8 Å². The topological polar surface area (TPSA) is 91.0 Å². The highest BCUT2D eigenvalue weighted by Crippen LogP contribution is 2.16. The summed E-state index contributed by atoms with van der Waals surface area (Å²) in [5.41, 5.74) is 0. The van der Waals surface area contributed by atoms with E-state index in [1.807, 2.05) is 0 Å². The lowest BCUT2D eigenvalue weighted by molar-refractivity contribution is 0.387. The molecule has 0 unspecified atom stereocenters. The van der Waals surface area contributed by atoms with E-state index in [0.29, 0.717) is 11.6 Å². The SMILES string of the molecule is Cc1nc(CN(C)S(=O)(=O)CC2CCNCC2)n[nH]1. The summed E-state index contributed by atoms with van der Waals surface area (Å²) in [6.45, 7) is 3.83. The maximum Gasteiger partial charge on any atom is 0.214 e. The number of nitrogens with zero attached hydrogens (tertiary/aromatic N) is 3. The van der Waals surface area contributed by atoms with Crippen LogP contribution in [0.3, 0.4) is 0 Å². The molecular formula is C11H21N5O2S. The van der Waals surface area contributed by atoms with Crippen LogP contribution in [0.15, 0.2) is 0 Å². The Bertz CT molecular complexity index is 507. The Labute approximate surface area is 113 Å². The first-order valence-electron chi connectivity index (χ1n) is 6.50. The molecule has 1 aliphatic rings. The maximum absolute atomic E-state index is 12.2. The predicted octanol–water partition coefficient (Wildman–Crippen LogP) is -0.126. The van der Waals surface area contributed by atoms with E-state index in [1.54, 1.807) is 14.0 Å². The van der Waals surface area contributed by atoms with Crippen LogP contribution in [0.4, 0.5) is 0 Å². The molecule has 108 valence electrons. The van der Waals surface area contributed by atoms with Crippen molar-refractivity contribution in [2.75, 3.05) is 25.9 Å². The standard InChI is InChI=1S/C11H21N5O2S/c1-9-13-11(15-14-9)7-16(2)19(17,18)8-10-3-5-12-6-4-10/h10,12H,3-8H2,1-2H3,(H,13,14,15). The summed E-state index contributed by atoms with van der Waals surface area (Å²) in [6, 6.07) is 0. The summed E-state index contributed by atoms with van der Waals surface area (Å²) in [7, 11) is -1.65. The van der Waals surface area contributed by atoms with Gasteiger partial charge in [-0.25, -0.2) is 13.4 Å². The van der Waals surface area contributed by atoms with Crippen LogP contribution in [-0.4, -0.2) is 53.8 Å². The molecule has 2 rings (SSSR count). The Kier molecular flexibility index (Phi) is 4.54. The number of sulfonamides is 1. The number of aromatic amines is 1. The zero-order chi connectivity index (χ0) is 13.9. The Morgan fingerprint density at radius 3 is 2.63 bits per heavy atom. The quantitative estimate of drug-likeness (QED) is 0.787. The number of rotatable bonds is 5. The van der Waals surface area contributed by atoms with Crippen LogP contribution in [0.2, 0.25) is 0 Å². The van der Waals surface area contributed by atoms with Crippen molar-refractivity contribution in [1.82, 2.24) is 24.8 Å². The van der Waals surface area contributed by atoms with Crippen molar-refractivity contribution in [3.05, 3.63) is 11.6 Å². The lowest BCUT2D eigenvalue weighted by Crippen LogP contribution is -2.36. The summed E-state index contributed by atoms with van der Waals surface area (Å²) >= 11 is 0. The molecule has 2 N–H and O–H groups in total. The number of piperidine rings is 1. The fourth-order valence-electron chi connectivity index (χ4n) is 2.23. The van der Waals surface area contributed by atoms with Gasteiger partial charge >= 0.3 is 0 Å². The van der Waals surface area contributed by atoms with Crippen molar-refractivity contribution < 1.29 is 8.42 Å². The number of aromatic nitrogens is 3. The van der Waals surface area contributed by atoms with E-state index in [0.717, 1.165) is 25.9 Å². The van der Waals surface area contributed by atoms with E-state index >= 15 is 0 Å². The zero-order valence-electron chi connectivity index (χ0n) is 11.4. The van der Waals surface area contributed by atoms with E-state index in [9.17, 15) is 8.42 Å². The summed E-state index contributed by atoms with van der Waals surface area (Å²) in [6.07, 6.45) is 1.85. The Morgan fingerprint density at radius 2 is 2.05 bits per heavy atom. The van der Waals surface area contributed by atoms with Gasteiger partial charge in [0.1, 0.15) is 5.82 Å². The minimum atomic E-state index is -3.24. The average Bonchev–Trinajstić information content (AvgIpc) is 2.75. The third kappa shape index (κ3) is 3.99. The Morgan fingerprint density at radius 1 is 1.37 bits per heavy atom. The third-order valence-corrected chi connectivity index (χ3v) is 5.36. The van der Waals surface area contributed by atoms with Gasteiger partial charge in [-0.2, -0.15) is 9.40 Å². The van der Waals surface area contributed by atoms with Gasteiger partial charge in [0.2, 0.25) is 10.0 Å². The number of aryl methyl sites for hydroxylation is 1. The molecule has 8 heteroatoms. The highest BCUT2D eigenvalue weighted by molar-refractivity contribution is 7.89. The summed E-state index contributed by atoms with van der Waals surface area (Å²) in [5.74, 6) is 1.67. The van der Waals surface area contributed by atoms with E-state index < -0.39 is 10.0 Å². The molecule has 1 aromatic rings. The molecule has 2 heterocycles. The molecule has 7 nitrogen and oxygen atoms in total. The highest BCUT2D eigenvalue weighted by atomic mass is 32.2. The lowest BCUT2D eigenvalue weighted by atomic mass is 10.0. The van der Waals surface area contributed by atoms with Crippen LogP contribution in [0, 0.1) is 12.8 Å². The van der Waals surface area contributed by atoms with E-state index in [4.69, 9.17) is 0 Å². The van der Waals surface area contributed by atoms with Gasteiger partial charge in [0, 0.05) is 7.05 Å². The first-order valence-corrected chi connectivity index (χ1v) is 8.11. The molecule has 0 radical (unpaired) electrons. The fraction of sp³-hybridized carbons (Fsp3) is 0.818. The molecule has 1 saturated heterocycles. The Balaban J connectivity index is 1.94. The number of H-pyrrole nitrogens is 1. The van der Waals surface area contributed by atoms with Crippen molar-refractivity contribution in [1.29, 1.82) is 0 Å². The van der Waals surface area contributed by atoms with Crippen LogP contribution < -0.4 is 5.32 Å². The van der Waals surface area contributed by atoms with Gasteiger partial charge in [-0.3, -0.25) is 5.10 Å². The summed E-state index contributed by atoms with van der Waals surface area (Å²) in [5, 5.41) is 9.92. The van der Waals surface area contributed by atoms with Crippen molar-refractivity contribution in [2.24, 2.45) is 5.92 Å². The molecule has 1 aromatic heterocycles. The van der Waals surface area contributed by atoms with E-state index in [2.05, 4.69) is 20.5 Å². The minimum absolute atomic E-state index is 0.217. The van der Waals surface area contributed by atoms with Gasteiger partial charge in [0.15, 0.2) is 5.82 Å². The fourth-order valence-corrected chi connectivity index (χ4v) is 3.73. The van der Waals surface area contributed by atoms with E-state index in [-0.39, 0.29) is 18.2 Å². The third-order valence-electron chi connectivity index (χ3n) is 3.39. The van der Waals surface area contributed by atoms with Crippen LogP contribution in [0.1, 0.15) is 24.5 Å². The van der Waals surface area contributed by atoms with Crippen LogP contribution in [-0.2, 0) is 16.6 Å². The van der Waals surface area contributed by atoms with Crippen molar-refractivity contribution in [3.63, 3.8) is 0 Å². The molecule has 0 saturated carbocycles. The molecule has 1 fully saturated rings. The van der Waals surface area contributed by atoms with Crippen molar-refractivity contribution in [2.45, 2.75) is 26.3 Å². The second-order valence-electron chi connectivity index (χ2n) is 5.07.